The Kier molecular flexibility index (Phi) is 3.39. The molecule has 0 aliphatic heterocycles. The zero-order valence-corrected chi connectivity index (χ0v) is 15.0. The number of hydrogen-bond acceptors (Lipinski definition) is 3. The van der Waals surface area contributed by atoms with E-state index in [9.17, 15) is 4.79 Å². The highest BCUT2D eigenvalue weighted by atomic mass is 16.1. The van der Waals surface area contributed by atoms with Gasteiger partial charge in [-0.05, 0) is 30.7 Å². The number of hydrogen-bond donors (Lipinski definition) is 1. The molecule has 0 fully saturated rings. The third-order valence-corrected chi connectivity index (χ3v) is 4.64. The highest BCUT2D eigenvalue weighted by Crippen LogP contribution is 2.31. The number of fused-ring (bicyclic) bond motifs is 4. The van der Waals surface area contributed by atoms with E-state index >= 15 is 0 Å². The number of aromatic nitrogens is 3. The predicted octanol–water partition coefficient (Wildman–Crippen LogP) is 4.48. The number of aromatic amines is 1. The zero-order chi connectivity index (χ0) is 17.8. The van der Waals surface area contributed by atoms with Gasteiger partial charge >= 0.3 is 0 Å². The molecular formula is C21H21N3O. The van der Waals surface area contributed by atoms with Crippen LogP contribution in [-0.4, -0.2) is 15.0 Å². The highest BCUT2D eigenvalue weighted by molar-refractivity contribution is 6.07. The molecule has 126 valence electrons. The number of nitrogens with zero attached hydrogens (tertiary/aromatic N) is 2. The summed E-state index contributed by atoms with van der Waals surface area (Å²) in [5.74, 6) is 0. The second-order valence-corrected chi connectivity index (χ2v) is 7.49. The van der Waals surface area contributed by atoms with Crippen LogP contribution < -0.4 is 5.43 Å². The molecule has 4 nitrogen and oxygen atoms in total. The molecule has 4 rings (SSSR count). The third kappa shape index (κ3) is 2.40. The fourth-order valence-electron chi connectivity index (χ4n) is 3.32. The van der Waals surface area contributed by atoms with Crippen molar-refractivity contribution in [2.75, 3.05) is 0 Å². The number of rotatable bonds is 1. The van der Waals surface area contributed by atoms with Gasteiger partial charge in [0, 0.05) is 21.9 Å². The molecule has 0 saturated carbocycles. The van der Waals surface area contributed by atoms with Crippen LogP contribution in [0.15, 0.2) is 41.2 Å². The molecule has 0 bridgehead atoms. The molecule has 3 aromatic heterocycles. The summed E-state index contributed by atoms with van der Waals surface area (Å²) in [5.41, 5.74) is 3.92. The number of aryl methyl sites for hydroxylation is 1. The van der Waals surface area contributed by atoms with Gasteiger partial charge in [0.05, 0.1) is 22.1 Å². The Bertz CT molecular complexity index is 1180. The molecule has 4 aromatic rings. The lowest BCUT2D eigenvalue weighted by atomic mass is 9.88. The summed E-state index contributed by atoms with van der Waals surface area (Å²) >= 11 is 0. The summed E-state index contributed by atoms with van der Waals surface area (Å²) < 4.78 is 0. The molecule has 0 atom stereocenters. The zero-order valence-electron chi connectivity index (χ0n) is 15.0. The topological polar surface area (TPSA) is 58.6 Å². The monoisotopic (exact) mass is 331 g/mol. The molecule has 1 N–H and O–H groups in total. The van der Waals surface area contributed by atoms with Gasteiger partial charge in [-0.25, -0.2) is 9.97 Å². The van der Waals surface area contributed by atoms with Crippen molar-refractivity contribution < 1.29 is 0 Å². The number of nitrogens with one attached hydrogen (secondary N) is 1. The predicted molar refractivity (Wildman–Crippen MR) is 103 cm³/mol. The average molecular weight is 331 g/mol. The summed E-state index contributed by atoms with van der Waals surface area (Å²) in [7, 11) is 0. The van der Waals surface area contributed by atoms with Gasteiger partial charge in [-0.15, -0.1) is 0 Å². The second-order valence-electron chi connectivity index (χ2n) is 7.49. The summed E-state index contributed by atoms with van der Waals surface area (Å²) in [5, 5.41) is 2.18. The molecule has 4 heteroatoms. The van der Waals surface area contributed by atoms with Crippen molar-refractivity contribution in [2.45, 2.75) is 39.5 Å². The molecule has 0 radical (unpaired) electrons. The van der Waals surface area contributed by atoms with E-state index < -0.39 is 0 Å². The van der Waals surface area contributed by atoms with Crippen molar-refractivity contribution >= 4 is 32.8 Å². The van der Waals surface area contributed by atoms with Gasteiger partial charge in [0.15, 0.2) is 5.43 Å². The molecule has 1 aromatic carbocycles. The van der Waals surface area contributed by atoms with Crippen molar-refractivity contribution in [1.29, 1.82) is 0 Å². The van der Waals surface area contributed by atoms with Crippen LogP contribution in [0.5, 0.6) is 0 Å². The normalized spacial score (nSPS) is 12.3. The first-order chi connectivity index (χ1) is 11.9. The van der Waals surface area contributed by atoms with Crippen molar-refractivity contribution in [3.05, 3.63) is 58.0 Å². The van der Waals surface area contributed by atoms with Crippen LogP contribution in [0.25, 0.3) is 32.8 Å². The first-order valence-electron chi connectivity index (χ1n) is 8.65. The Morgan fingerprint density at radius 3 is 2.48 bits per heavy atom. The molecule has 25 heavy (non-hydrogen) atoms. The Balaban J connectivity index is 2.30. The van der Waals surface area contributed by atoms with Gasteiger partial charge in [0.1, 0.15) is 5.65 Å². The van der Waals surface area contributed by atoms with Crippen molar-refractivity contribution in [2.24, 2.45) is 0 Å². The smallest absolute Gasteiger partial charge is 0.199 e. The molecule has 0 unspecified atom stereocenters. The second kappa shape index (κ2) is 5.38. The molecule has 0 amide bonds. The minimum atomic E-state index is -0.258. The molecular weight excluding hydrogens is 310 g/mol. The van der Waals surface area contributed by atoms with Crippen molar-refractivity contribution in [3.8, 4) is 0 Å². The number of para-hydroxylation sites is 1. The van der Waals surface area contributed by atoms with E-state index in [0.717, 1.165) is 39.9 Å². The quantitative estimate of drug-likeness (QED) is 0.413. The van der Waals surface area contributed by atoms with E-state index in [1.165, 1.54) is 0 Å². The molecule has 3 heterocycles. The van der Waals surface area contributed by atoms with Crippen LogP contribution in [0.4, 0.5) is 0 Å². The number of pyridine rings is 3. The minimum Gasteiger partial charge on any atom is -0.343 e. The van der Waals surface area contributed by atoms with Gasteiger partial charge in [-0.3, -0.25) is 4.79 Å². The summed E-state index contributed by atoms with van der Waals surface area (Å²) in [6.45, 7) is 8.35. The SMILES string of the molecule is CCc1ccc2c(nc(C(C)(C)C)c3c(=O)c4ccccc4nc32)[nH]1. The minimum absolute atomic E-state index is 0.0134. The molecule has 0 saturated heterocycles. The maximum absolute atomic E-state index is 13.2. The maximum Gasteiger partial charge on any atom is 0.199 e. The van der Waals surface area contributed by atoms with E-state index in [1.54, 1.807) is 0 Å². The van der Waals surface area contributed by atoms with Gasteiger partial charge in [-0.2, -0.15) is 0 Å². The van der Waals surface area contributed by atoms with Gasteiger partial charge in [0.2, 0.25) is 0 Å². The Labute approximate surface area is 145 Å². The fourth-order valence-corrected chi connectivity index (χ4v) is 3.32. The van der Waals surface area contributed by atoms with Crippen LogP contribution in [-0.2, 0) is 11.8 Å². The first-order valence-corrected chi connectivity index (χ1v) is 8.65. The third-order valence-electron chi connectivity index (χ3n) is 4.64. The van der Waals surface area contributed by atoms with E-state index in [-0.39, 0.29) is 10.8 Å². The van der Waals surface area contributed by atoms with Crippen molar-refractivity contribution in [3.63, 3.8) is 0 Å². The van der Waals surface area contributed by atoms with Crippen LogP contribution in [0.1, 0.15) is 39.1 Å². The van der Waals surface area contributed by atoms with Crippen LogP contribution in [0.3, 0.4) is 0 Å². The Morgan fingerprint density at radius 2 is 1.76 bits per heavy atom. The van der Waals surface area contributed by atoms with E-state index in [1.807, 2.05) is 36.4 Å². The standard InChI is InChI=1S/C21H21N3O/c1-5-12-10-11-14-17-16(19(21(2,3)4)24-20(14)22-12)18(25)13-8-6-7-9-15(13)23-17/h6-11H,5H2,1-4H3,(H,22,24). The Morgan fingerprint density at radius 1 is 1.00 bits per heavy atom. The van der Waals surface area contributed by atoms with E-state index in [4.69, 9.17) is 9.97 Å². The van der Waals surface area contributed by atoms with Gasteiger partial charge in [-0.1, -0.05) is 39.8 Å². The van der Waals surface area contributed by atoms with E-state index in [0.29, 0.717) is 10.8 Å². The fraction of sp³-hybridized carbons (Fsp3) is 0.286. The largest absolute Gasteiger partial charge is 0.343 e. The number of benzene rings is 1. The summed E-state index contributed by atoms with van der Waals surface area (Å²) in [6.07, 6.45) is 0.901. The van der Waals surface area contributed by atoms with Gasteiger partial charge in [0.25, 0.3) is 0 Å². The molecule has 0 aliphatic rings. The van der Waals surface area contributed by atoms with E-state index in [2.05, 4.69) is 32.7 Å². The highest BCUT2D eigenvalue weighted by Gasteiger charge is 2.24. The summed E-state index contributed by atoms with van der Waals surface area (Å²) in [4.78, 5) is 26.3. The lowest BCUT2D eigenvalue weighted by Gasteiger charge is -2.21. The lowest BCUT2D eigenvalue weighted by Crippen LogP contribution is -2.19. The average Bonchev–Trinajstić information content (AvgIpc) is 2.60. The van der Waals surface area contributed by atoms with Crippen LogP contribution in [0, 0.1) is 0 Å². The first kappa shape index (κ1) is 15.8. The summed E-state index contributed by atoms with van der Waals surface area (Å²) in [6, 6.07) is 11.6. The number of H-pyrrole nitrogens is 1. The molecule has 0 aliphatic carbocycles. The van der Waals surface area contributed by atoms with Gasteiger partial charge < -0.3 is 4.98 Å². The maximum atomic E-state index is 13.2. The molecule has 0 spiro atoms. The van der Waals surface area contributed by atoms with Crippen LogP contribution in [0.2, 0.25) is 0 Å². The van der Waals surface area contributed by atoms with Crippen LogP contribution >= 0.6 is 0 Å². The lowest BCUT2D eigenvalue weighted by molar-refractivity contribution is 0.577. The Hall–Kier alpha value is -2.75. The van der Waals surface area contributed by atoms with Crippen molar-refractivity contribution in [1.82, 2.24) is 15.0 Å².